The van der Waals surface area contributed by atoms with Gasteiger partial charge in [-0.15, -0.1) is 0 Å². The molecule has 2 aromatic carbocycles. The topological polar surface area (TPSA) is 105 Å². The fraction of sp³-hybridized carbons (Fsp3) is 0.333. The molecule has 1 atom stereocenters. The largest absolute Gasteiger partial charge is 0.497 e. The molecule has 166 valence electrons. The van der Waals surface area contributed by atoms with Gasteiger partial charge < -0.3 is 15.4 Å². The van der Waals surface area contributed by atoms with Gasteiger partial charge in [-0.1, -0.05) is 6.07 Å². The number of rotatable bonds is 7. The molecule has 1 aliphatic heterocycles. The third-order valence-corrected chi connectivity index (χ3v) is 6.86. The van der Waals surface area contributed by atoms with Gasteiger partial charge in [-0.3, -0.25) is 9.59 Å². The molecule has 2 amide bonds. The Balaban J connectivity index is 1.56. The summed E-state index contributed by atoms with van der Waals surface area (Å²) in [5.41, 5.74) is 0.286. The van der Waals surface area contributed by atoms with E-state index in [2.05, 4.69) is 10.6 Å². The van der Waals surface area contributed by atoms with Crippen LogP contribution in [0.15, 0.2) is 53.4 Å². The molecule has 0 aliphatic carbocycles. The first-order chi connectivity index (χ1) is 14.8. The predicted molar refractivity (Wildman–Crippen MR) is 113 cm³/mol. The van der Waals surface area contributed by atoms with E-state index in [4.69, 9.17) is 4.74 Å². The summed E-state index contributed by atoms with van der Waals surface area (Å²) in [4.78, 5) is 24.6. The van der Waals surface area contributed by atoms with Crippen molar-refractivity contribution >= 4 is 27.5 Å². The summed E-state index contributed by atoms with van der Waals surface area (Å²) in [5.74, 6) is -1.40. The summed E-state index contributed by atoms with van der Waals surface area (Å²) in [6.07, 6.45) is 1.05. The lowest BCUT2D eigenvalue weighted by molar-refractivity contribution is -0.128. The number of ether oxygens (including phenoxy) is 1. The Morgan fingerprint density at radius 1 is 1.19 bits per heavy atom. The molecule has 0 radical (unpaired) electrons. The minimum Gasteiger partial charge on any atom is -0.497 e. The van der Waals surface area contributed by atoms with Crippen LogP contribution < -0.4 is 15.4 Å². The number of nitrogens with one attached hydrogen (secondary N) is 2. The molecule has 0 aromatic heterocycles. The zero-order valence-corrected chi connectivity index (χ0v) is 17.8. The second kappa shape index (κ2) is 9.88. The summed E-state index contributed by atoms with van der Waals surface area (Å²) in [6, 6.07) is 11.5. The Morgan fingerprint density at radius 3 is 2.61 bits per heavy atom. The van der Waals surface area contributed by atoms with Gasteiger partial charge in [0, 0.05) is 18.8 Å². The molecule has 0 unspecified atom stereocenters. The maximum atomic E-state index is 13.2. The normalized spacial score (nSPS) is 17.0. The Kier molecular flexibility index (Phi) is 7.24. The lowest BCUT2D eigenvalue weighted by Crippen LogP contribution is -2.46. The van der Waals surface area contributed by atoms with E-state index in [1.165, 1.54) is 47.8 Å². The van der Waals surface area contributed by atoms with Gasteiger partial charge in [-0.05, 0) is 55.3 Å². The number of methoxy groups -OCH3 is 1. The average molecular weight is 450 g/mol. The standard InChI is InChI=1S/C21H24FN3O5S/c1-30-18-7-9-19(10-8-18)31(28,29)25-11-3-4-15(14-25)21(27)23-13-20(26)24-17-6-2-5-16(22)12-17/h2,5-10,12,15H,3-4,11,13-14H2,1H3,(H,23,27)(H,24,26)/t15-/m1/s1. The first-order valence-corrected chi connectivity index (χ1v) is 11.2. The number of halogens is 1. The quantitative estimate of drug-likeness (QED) is 0.673. The molecule has 1 saturated heterocycles. The number of piperidine rings is 1. The highest BCUT2D eigenvalue weighted by Gasteiger charge is 2.33. The molecule has 1 fully saturated rings. The molecule has 1 aliphatic rings. The van der Waals surface area contributed by atoms with Crippen molar-refractivity contribution in [1.82, 2.24) is 9.62 Å². The van der Waals surface area contributed by atoms with Crippen LogP contribution in [-0.4, -0.2) is 51.3 Å². The second-order valence-electron chi connectivity index (χ2n) is 7.15. The van der Waals surface area contributed by atoms with E-state index < -0.39 is 33.6 Å². The van der Waals surface area contributed by atoms with Crippen molar-refractivity contribution in [2.45, 2.75) is 17.7 Å². The monoisotopic (exact) mass is 449 g/mol. The number of sulfonamides is 1. The summed E-state index contributed by atoms with van der Waals surface area (Å²) < 4.78 is 45.3. The van der Waals surface area contributed by atoms with Crippen LogP contribution in [0, 0.1) is 11.7 Å². The van der Waals surface area contributed by atoms with Crippen molar-refractivity contribution in [2.24, 2.45) is 5.92 Å². The lowest BCUT2D eigenvalue weighted by Gasteiger charge is -2.31. The number of carbonyl (C=O) groups is 2. The molecule has 31 heavy (non-hydrogen) atoms. The van der Waals surface area contributed by atoms with Gasteiger partial charge in [0.25, 0.3) is 0 Å². The van der Waals surface area contributed by atoms with E-state index in [-0.39, 0.29) is 23.7 Å². The van der Waals surface area contributed by atoms with Gasteiger partial charge in [0.05, 0.1) is 24.5 Å². The predicted octanol–water partition coefficient (Wildman–Crippen LogP) is 1.99. The van der Waals surface area contributed by atoms with E-state index in [1.54, 1.807) is 12.1 Å². The number of nitrogens with zero attached hydrogens (tertiary/aromatic N) is 1. The zero-order valence-electron chi connectivity index (χ0n) is 17.0. The molecule has 8 nitrogen and oxygen atoms in total. The van der Waals surface area contributed by atoms with E-state index >= 15 is 0 Å². The SMILES string of the molecule is COc1ccc(S(=O)(=O)N2CCC[C@@H](C(=O)NCC(=O)Nc3cccc(F)c3)C2)cc1. The fourth-order valence-electron chi connectivity index (χ4n) is 3.35. The summed E-state index contributed by atoms with van der Waals surface area (Å²) in [6.45, 7) is 0.0565. The summed E-state index contributed by atoms with van der Waals surface area (Å²) >= 11 is 0. The molecule has 0 bridgehead atoms. The number of hydrogen-bond donors (Lipinski definition) is 2. The van der Waals surface area contributed by atoms with Crippen LogP contribution in [0.3, 0.4) is 0 Å². The average Bonchev–Trinajstić information content (AvgIpc) is 2.77. The van der Waals surface area contributed by atoms with Gasteiger partial charge in [0.2, 0.25) is 21.8 Å². The van der Waals surface area contributed by atoms with Gasteiger partial charge in [-0.25, -0.2) is 12.8 Å². The second-order valence-corrected chi connectivity index (χ2v) is 9.09. The molecular weight excluding hydrogens is 425 g/mol. The Bertz CT molecular complexity index is 1040. The third-order valence-electron chi connectivity index (χ3n) is 4.98. The van der Waals surface area contributed by atoms with Gasteiger partial charge in [0.15, 0.2) is 0 Å². The van der Waals surface area contributed by atoms with E-state index in [9.17, 15) is 22.4 Å². The molecule has 2 aromatic rings. The van der Waals surface area contributed by atoms with Crippen molar-refractivity contribution in [3.8, 4) is 5.75 Å². The number of carbonyl (C=O) groups excluding carboxylic acids is 2. The summed E-state index contributed by atoms with van der Waals surface area (Å²) in [5, 5.41) is 5.03. The Labute approximate surface area is 180 Å². The maximum Gasteiger partial charge on any atom is 0.243 e. The minimum absolute atomic E-state index is 0.0334. The Hall–Kier alpha value is -2.98. The molecule has 0 spiro atoms. The van der Waals surface area contributed by atoms with Crippen molar-refractivity contribution in [2.75, 3.05) is 32.1 Å². The molecule has 2 N–H and O–H groups in total. The minimum atomic E-state index is -3.75. The first kappa shape index (κ1) is 22.7. The van der Waals surface area contributed by atoms with E-state index in [0.717, 1.165) is 0 Å². The van der Waals surface area contributed by atoms with Gasteiger partial charge >= 0.3 is 0 Å². The van der Waals surface area contributed by atoms with E-state index in [0.29, 0.717) is 25.1 Å². The number of amides is 2. The Morgan fingerprint density at radius 2 is 1.94 bits per heavy atom. The first-order valence-electron chi connectivity index (χ1n) is 9.77. The highest BCUT2D eigenvalue weighted by molar-refractivity contribution is 7.89. The van der Waals surface area contributed by atoms with Gasteiger partial charge in [-0.2, -0.15) is 4.31 Å². The number of hydrogen-bond acceptors (Lipinski definition) is 5. The van der Waals surface area contributed by atoms with Gasteiger partial charge in [0.1, 0.15) is 11.6 Å². The highest BCUT2D eigenvalue weighted by Crippen LogP contribution is 2.25. The van der Waals surface area contributed by atoms with Crippen molar-refractivity contribution < 1.29 is 27.1 Å². The van der Waals surface area contributed by atoms with E-state index in [1.807, 2.05) is 0 Å². The molecular formula is C21H24FN3O5S. The number of anilines is 1. The van der Waals surface area contributed by atoms with Crippen LogP contribution in [0.4, 0.5) is 10.1 Å². The van der Waals surface area contributed by atoms with Crippen molar-refractivity contribution in [3.05, 3.63) is 54.3 Å². The highest BCUT2D eigenvalue weighted by atomic mass is 32.2. The zero-order chi connectivity index (χ0) is 22.4. The van der Waals surface area contributed by atoms with Crippen LogP contribution in [0.5, 0.6) is 5.75 Å². The lowest BCUT2D eigenvalue weighted by atomic mass is 9.99. The number of benzene rings is 2. The molecule has 0 saturated carbocycles. The fourth-order valence-corrected chi connectivity index (χ4v) is 4.88. The summed E-state index contributed by atoms with van der Waals surface area (Å²) in [7, 11) is -2.25. The van der Waals surface area contributed by atoms with Crippen LogP contribution in [0.1, 0.15) is 12.8 Å². The smallest absolute Gasteiger partial charge is 0.243 e. The van der Waals surface area contributed by atoms with Crippen LogP contribution in [0.25, 0.3) is 0 Å². The maximum absolute atomic E-state index is 13.2. The van der Waals surface area contributed by atoms with Crippen molar-refractivity contribution in [3.63, 3.8) is 0 Å². The van der Waals surface area contributed by atoms with Crippen LogP contribution >= 0.6 is 0 Å². The van der Waals surface area contributed by atoms with Crippen molar-refractivity contribution in [1.29, 1.82) is 0 Å². The molecule has 1 heterocycles. The molecule has 10 heteroatoms. The van der Waals surface area contributed by atoms with Crippen LogP contribution in [-0.2, 0) is 19.6 Å². The van der Waals surface area contributed by atoms with Crippen LogP contribution in [0.2, 0.25) is 0 Å². The molecule has 3 rings (SSSR count). The third kappa shape index (κ3) is 5.80.